The van der Waals surface area contributed by atoms with Crippen LogP contribution in [0.5, 0.6) is 0 Å². The highest BCUT2D eigenvalue weighted by atomic mass is 16.7. The average molecular weight is 263 g/mol. The third-order valence-electron chi connectivity index (χ3n) is 3.93. The summed E-state index contributed by atoms with van der Waals surface area (Å²) in [4.78, 5) is 4.42. The summed E-state index contributed by atoms with van der Waals surface area (Å²) in [5, 5.41) is 0. The van der Waals surface area contributed by atoms with Crippen molar-refractivity contribution in [3.8, 4) is 0 Å². The average Bonchev–Trinajstić information content (AvgIpc) is 2.51. The predicted octanol–water partition coefficient (Wildman–Crippen LogP) is 1.84. The summed E-state index contributed by atoms with van der Waals surface area (Å²) >= 11 is 0. The number of aryl methyl sites for hydroxylation is 1. The minimum Gasteiger partial charge on any atom is -0.399 e. The first kappa shape index (κ1) is 14.5. The zero-order valence-electron chi connectivity index (χ0n) is 12.6. The van der Waals surface area contributed by atoms with E-state index in [1.54, 1.807) is 7.11 Å². The van der Waals surface area contributed by atoms with E-state index in [0.717, 1.165) is 16.7 Å². The van der Waals surface area contributed by atoms with Crippen molar-refractivity contribution in [3.05, 3.63) is 23.5 Å². The summed E-state index contributed by atoms with van der Waals surface area (Å²) < 4.78 is 17.3. The first-order valence-electron chi connectivity index (χ1n) is 6.57. The molecule has 19 heavy (non-hydrogen) atoms. The van der Waals surface area contributed by atoms with E-state index in [4.69, 9.17) is 14.0 Å². The lowest BCUT2D eigenvalue weighted by Gasteiger charge is -2.32. The molecule has 0 atom stereocenters. The lowest BCUT2D eigenvalue weighted by Crippen LogP contribution is -2.41. The van der Waals surface area contributed by atoms with Gasteiger partial charge in [0, 0.05) is 18.8 Å². The topological polar surface area (TPSA) is 40.6 Å². The highest BCUT2D eigenvalue weighted by Crippen LogP contribution is 2.36. The maximum Gasteiger partial charge on any atom is 0.496 e. The van der Waals surface area contributed by atoms with Crippen LogP contribution in [0.1, 0.15) is 39.0 Å². The van der Waals surface area contributed by atoms with Crippen molar-refractivity contribution in [3.63, 3.8) is 0 Å². The molecule has 1 aliphatic rings. The van der Waals surface area contributed by atoms with Crippen molar-refractivity contribution >= 4 is 12.6 Å². The number of nitrogens with zero attached hydrogens (tertiary/aromatic N) is 1. The molecule has 1 aromatic rings. The number of ether oxygens (including phenoxy) is 1. The molecule has 4 nitrogen and oxygen atoms in total. The van der Waals surface area contributed by atoms with Gasteiger partial charge in [0.05, 0.1) is 23.5 Å². The van der Waals surface area contributed by atoms with Crippen LogP contribution in [-0.2, 0) is 20.7 Å². The van der Waals surface area contributed by atoms with Crippen LogP contribution in [0.25, 0.3) is 0 Å². The molecule has 0 unspecified atom stereocenters. The molecule has 0 radical (unpaired) electrons. The van der Waals surface area contributed by atoms with Crippen molar-refractivity contribution in [1.82, 2.24) is 4.98 Å². The highest BCUT2D eigenvalue weighted by Gasteiger charge is 2.52. The molecule has 0 N–H and O–H groups in total. The first-order chi connectivity index (χ1) is 8.77. The second-order valence-electron chi connectivity index (χ2n) is 6.07. The van der Waals surface area contributed by atoms with Crippen LogP contribution in [0.4, 0.5) is 0 Å². The van der Waals surface area contributed by atoms with Crippen LogP contribution in [0.3, 0.4) is 0 Å². The van der Waals surface area contributed by atoms with E-state index >= 15 is 0 Å². The quantitative estimate of drug-likeness (QED) is 0.780. The Morgan fingerprint density at radius 3 is 2.32 bits per heavy atom. The fourth-order valence-electron chi connectivity index (χ4n) is 2.05. The number of hydrogen-bond acceptors (Lipinski definition) is 4. The van der Waals surface area contributed by atoms with Gasteiger partial charge in [0.1, 0.15) is 0 Å². The fourth-order valence-corrected chi connectivity index (χ4v) is 2.05. The van der Waals surface area contributed by atoms with E-state index in [-0.39, 0.29) is 18.3 Å². The normalized spacial score (nSPS) is 20.8. The minimum atomic E-state index is -0.387. The molecule has 1 fully saturated rings. The van der Waals surface area contributed by atoms with Crippen molar-refractivity contribution in [2.45, 2.75) is 52.4 Å². The predicted molar refractivity (Wildman–Crippen MR) is 75.4 cm³/mol. The summed E-state index contributed by atoms with van der Waals surface area (Å²) in [6.45, 7) is 10.7. The fraction of sp³-hybridized carbons (Fsp3) is 0.643. The minimum absolute atomic E-state index is 0.342. The van der Waals surface area contributed by atoms with Gasteiger partial charge in [-0.25, -0.2) is 0 Å². The lowest BCUT2D eigenvalue weighted by atomic mass is 9.77. The van der Waals surface area contributed by atoms with E-state index in [9.17, 15) is 0 Å². The molecule has 5 heteroatoms. The van der Waals surface area contributed by atoms with E-state index in [0.29, 0.717) is 6.61 Å². The van der Waals surface area contributed by atoms with Crippen molar-refractivity contribution in [2.75, 3.05) is 7.11 Å². The Morgan fingerprint density at radius 2 is 1.79 bits per heavy atom. The number of methoxy groups -OCH3 is 1. The Hall–Kier alpha value is -0.905. The number of hydrogen-bond donors (Lipinski definition) is 0. The number of rotatable bonds is 3. The number of pyridine rings is 1. The zero-order chi connectivity index (χ0) is 14.3. The smallest absolute Gasteiger partial charge is 0.399 e. The molecule has 0 bridgehead atoms. The van der Waals surface area contributed by atoms with Gasteiger partial charge in [-0.1, -0.05) is 6.07 Å². The van der Waals surface area contributed by atoms with E-state index in [1.165, 1.54) is 0 Å². The van der Waals surface area contributed by atoms with Crippen molar-refractivity contribution in [1.29, 1.82) is 0 Å². The SMILES string of the molecule is COCc1ncc(C)cc1B1OC(C)(C)C(C)(C)O1. The van der Waals surface area contributed by atoms with Gasteiger partial charge in [-0.3, -0.25) is 4.98 Å². The molecule has 2 heterocycles. The Kier molecular flexibility index (Phi) is 3.73. The second kappa shape index (κ2) is 4.89. The Bertz CT molecular complexity index is 458. The van der Waals surface area contributed by atoms with Crippen LogP contribution in [0.2, 0.25) is 0 Å². The Labute approximate surface area is 115 Å². The molecule has 1 aromatic heterocycles. The summed E-state index contributed by atoms with van der Waals surface area (Å²) in [7, 11) is 1.28. The molecule has 0 amide bonds. The second-order valence-corrected chi connectivity index (χ2v) is 6.07. The van der Waals surface area contributed by atoms with Gasteiger partial charge in [0.15, 0.2) is 0 Å². The van der Waals surface area contributed by atoms with Gasteiger partial charge in [-0.2, -0.15) is 0 Å². The van der Waals surface area contributed by atoms with Crippen LogP contribution >= 0.6 is 0 Å². The van der Waals surface area contributed by atoms with Gasteiger partial charge in [-0.05, 0) is 40.2 Å². The highest BCUT2D eigenvalue weighted by molar-refractivity contribution is 6.62. The monoisotopic (exact) mass is 263 g/mol. The first-order valence-corrected chi connectivity index (χ1v) is 6.57. The molecule has 1 saturated heterocycles. The summed E-state index contributed by atoms with van der Waals surface area (Å²) in [5.74, 6) is 0. The van der Waals surface area contributed by atoms with Crippen molar-refractivity contribution in [2.24, 2.45) is 0 Å². The van der Waals surface area contributed by atoms with Gasteiger partial charge >= 0.3 is 7.12 Å². The molecule has 0 aliphatic carbocycles. The van der Waals surface area contributed by atoms with E-state index < -0.39 is 0 Å². The molecule has 0 aromatic carbocycles. The summed E-state index contributed by atoms with van der Waals surface area (Å²) in [6.07, 6.45) is 1.84. The van der Waals surface area contributed by atoms with Crippen molar-refractivity contribution < 1.29 is 14.0 Å². The number of aromatic nitrogens is 1. The zero-order valence-corrected chi connectivity index (χ0v) is 12.6. The lowest BCUT2D eigenvalue weighted by molar-refractivity contribution is 0.00578. The van der Waals surface area contributed by atoms with Crippen LogP contribution in [0, 0.1) is 6.92 Å². The third kappa shape index (κ3) is 2.68. The third-order valence-corrected chi connectivity index (χ3v) is 3.93. The van der Waals surface area contributed by atoms with Crippen LogP contribution in [-0.4, -0.2) is 30.4 Å². The van der Waals surface area contributed by atoms with E-state index in [1.807, 2.05) is 40.8 Å². The van der Waals surface area contributed by atoms with Gasteiger partial charge < -0.3 is 14.0 Å². The maximum atomic E-state index is 6.07. The maximum absolute atomic E-state index is 6.07. The summed E-state index contributed by atoms with van der Waals surface area (Å²) in [5.41, 5.74) is 2.23. The van der Waals surface area contributed by atoms with Gasteiger partial charge in [0.2, 0.25) is 0 Å². The van der Waals surface area contributed by atoms with Crippen LogP contribution < -0.4 is 5.46 Å². The molecule has 1 aliphatic heterocycles. The molecular formula is C14H22BNO3. The van der Waals surface area contributed by atoms with Gasteiger partial charge in [-0.15, -0.1) is 0 Å². The Morgan fingerprint density at radius 1 is 1.21 bits per heavy atom. The van der Waals surface area contributed by atoms with Gasteiger partial charge in [0.25, 0.3) is 0 Å². The molecule has 0 saturated carbocycles. The van der Waals surface area contributed by atoms with E-state index in [2.05, 4.69) is 11.1 Å². The molecule has 0 spiro atoms. The standard InChI is InChI=1S/C14H22BNO3/c1-10-7-11(12(9-17-6)16-8-10)15-18-13(2,3)14(4,5)19-15/h7-8H,9H2,1-6H3. The Balaban J connectivity index is 2.35. The largest absolute Gasteiger partial charge is 0.496 e. The molecular weight excluding hydrogens is 241 g/mol. The van der Waals surface area contributed by atoms with Crippen LogP contribution in [0.15, 0.2) is 12.3 Å². The molecule has 2 rings (SSSR count). The molecule has 104 valence electrons. The summed E-state index contributed by atoms with van der Waals surface area (Å²) in [6, 6.07) is 2.06.